The highest BCUT2D eigenvalue weighted by Crippen LogP contribution is 2.53. The molecule has 10 atom stereocenters. The molecule has 0 amide bonds. The zero-order valence-corrected chi connectivity index (χ0v) is 25.4. The number of aliphatic hydroxyl groups excluding tert-OH is 2. The van der Waals surface area contributed by atoms with Crippen molar-refractivity contribution in [1.82, 2.24) is 29.1 Å². The normalized spacial score (nSPS) is 36.5. The molecule has 24 heteroatoms. The second kappa shape index (κ2) is 11.5. The Hall–Kier alpha value is -3.63. The highest BCUT2D eigenvalue weighted by atomic mass is 31.2. The van der Waals surface area contributed by atoms with Crippen molar-refractivity contribution in [2.45, 2.75) is 49.1 Å². The number of benzene rings is 1. The first-order valence-corrected chi connectivity index (χ1v) is 16.7. The average molecular weight is 700 g/mol. The Kier molecular flexibility index (Phi) is 7.82. The molecule has 0 aliphatic carbocycles. The van der Waals surface area contributed by atoms with E-state index >= 15 is 0 Å². The van der Waals surface area contributed by atoms with Crippen LogP contribution in [0.5, 0.6) is 0 Å². The van der Waals surface area contributed by atoms with Crippen LogP contribution in [0.1, 0.15) is 12.5 Å². The van der Waals surface area contributed by atoms with Gasteiger partial charge in [0.25, 0.3) is 11.1 Å². The Bertz CT molecular complexity index is 2090. The molecule has 0 saturated carbocycles. The Morgan fingerprint density at radius 1 is 0.872 bits per heavy atom. The van der Waals surface area contributed by atoms with Crippen molar-refractivity contribution in [1.29, 1.82) is 0 Å². The minimum absolute atomic E-state index is 0.109. The second-order valence-corrected chi connectivity index (χ2v) is 13.6. The van der Waals surface area contributed by atoms with E-state index in [-0.39, 0.29) is 28.0 Å². The number of aromatic nitrogens is 6. The first-order valence-electron chi connectivity index (χ1n) is 13.7. The summed E-state index contributed by atoms with van der Waals surface area (Å²) in [6, 6.07) is 4.33. The van der Waals surface area contributed by atoms with Gasteiger partial charge in [-0.15, -0.1) is 0 Å². The van der Waals surface area contributed by atoms with E-state index in [1.54, 1.807) is 0 Å². The van der Waals surface area contributed by atoms with Crippen molar-refractivity contribution in [2.24, 2.45) is 0 Å². The van der Waals surface area contributed by atoms with Gasteiger partial charge in [0.2, 0.25) is 5.95 Å². The zero-order valence-electron chi connectivity index (χ0n) is 23.6. The number of nitrogen functional groups attached to an aromatic ring is 2. The highest BCUT2D eigenvalue weighted by molar-refractivity contribution is 7.47. The number of aromatic amines is 1. The molecule has 9 N–H and O–H groups in total. The van der Waals surface area contributed by atoms with Crippen LogP contribution >= 0.6 is 15.6 Å². The molecule has 6 heterocycles. The van der Waals surface area contributed by atoms with E-state index < -0.39 is 89.1 Å². The van der Waals surface area contributed by atoms with Crippen molar-refractivity contribution in [3.63, 3.8) is 0 Å². The van der Waals surface area contributed by atoms with Gasteiger partial charge in [0.15, 0.2) is 23.6 Å². The number of phosphoric acid groups is 2. The minimum atomic E-state index is -5.16. The lowest BCUT2D eigenvalue weighted by Crippen LogP contribution is -2.37. The fraction of sp³-hybridized carbons (Fsp3) is 0.435. The van der Waals surface area contributed by atoms with Crippen LogP contribution in [0.2, 0.25) is 0 Å². The maximum Gasteiger partial charge on any atom is 0.472 e. The van der Waals surface area contributed by atoms with Crippen LogP contribution in [-0.4, -0.2) is 98.9 Å². The van der Waals surface area contributed by atoms with Gasteiger partial charge < -0.3 is 40.9 Å². The van der Waals surface area contributed by atoms with Crippen LogP contribution in [0.25, 0.3) is 22.1 Å². The summed E-state index contributed by atoms with van der Waals surface area (Å²) in [6.07, 6.45) is -11.2. The van der Waals surface area contributed by atoms with Crippen LogP contribution in [0.4, 0.5) is 11.6 Å². The average Bonchev–Trinajstić information content (AvgIpc) is 3.64. The minimum Gasteiger partial charge on any atom is -0.399 e. The number of ether oxygens (including phenoxy) is 2. The zero-order chi connectivity index (χ0) is 33.4. The third kappa shape index (κ3) is 5.77. The van der Waals surface area contributed by atoms with Gasteiger partial charge >= 0.3 is 15.6 Å². The van der Waals surface area contributed by atoms with Gasteiger partial charge in [-0.25, -0.2) is 19.1 Å². The number of nitrogens with two attached hydrogens (primary N) is 2. The van der Waals surface area contributed by atoms with Gasteiger partial charge in [0.05, 0.1) is 30.4 Å². The number of aliphatic hydroxyl groups is 2. The largest absolute Gasteiger partial charge is 0.472 e. The molecule has 3 aliphatic heterocycles. The lowest BCUT2D eigenvalue weighted by molar-refractivity contribution is -0.0681. The van der Waals surface area contributed by atoms with Gasteiger partial charge in [-0.3, -0.25) is 41.8 Å². The molecular weight excluding hydrogens is 674 g/mol. The summed E-state index contributed by atoms with van der Waals surface area (Å²) in [5.74, 6) is -0.296. The van der Waals surface area contributed by atoms with Crippen LogP contribution in [0.3, 0.4) is 0 Å². The summed E-state index contributed by atoms with van der Waals surface area (Å²) in [7, 11) is -10.3. The lowest BCUT2D eigenvalue weighted by atomic mass is 10.1. The lowest BCUT2D eigenvalue weighted by Gasteiger charge is -2.25. The Morgan fingerprint density at radius 3 is 2.28 bits per heavy atom. The molecule has 3 aromatic heterocycles. The fourth-order valence-corrected chi connectivity index (χ4v) is 7.47. The third-order valence-corrected chi connectivity index (χ3v) is 9.71. The summed E-state index contributed by atoms with van der Waals surface area (Å²) in [4.78, 5) is 61.2. The molecule has 4 aromatic rings. The summed E-state index contributed by atoms with van der Waals surface area (Å²) in [5.41, 5.74) is 10.3. The van der Waals surface area contributed by atoms with Crippen LogP contribution < -0.4 is 22.6 Å². The van der Waals surface area contributed by atoms with E-state index in [4.69, 9.17) is 39.0 Å². The van der Waals surface area contributed by atoms with Crippen molar-refractivity contribution >= 4 is 49.3 Å². The van der Waals surface area contributed by atoms with E-state index in [9.17, 15) is 38.7 Å². The van der Waals surface area contributed by atoms with Gasteiger partial charge in [-0.2, -0.15) is 4.98 Å². The molecule has 0 spiro atoms. The Balaban J connectivity index is 1.21. The number of anilines is 2. The van der Waals surface area contributed by atoms with Crippen LogP contribution in [0, 0.1) is 0 Å². The smallest absolute Gasteiger partial charge is 0.399 e. The number of H-pyrrole nitrogens is 1. The fourth-order valence-electron chi connectivity index (χ4n) is 5.57. The van der Waals surface area contributed by atoms with Gasteiger partial charge in [0, 0.05) is 5.69 Å². The van der Waals surface area contributed by atoms with E-state index in [0.717, 1.165) is 21.8 Å². The van der Waals surface area contributed by atoms with Gasteiger partial charge in [-0.1, -0.05) is 0 Å². The number of hydrogen-bond acceptors (Lipinski definition) is 17. The molecule has 0 radical (unpaired) electrons. The monoisotopic (exact) mass is 700 g/mol. The molecule has 2 unspecified atom stereocenters. The maximum absolute atomic E-state index is 13.3. The molecule has 252 valence electrons. The van der Waals surface area contributed by atoms with Crippen molar-refractivity contribution in [2.75, 3.05) is 24.7 Å². The first-order chi connectivity index (χ1) is 22.2. The van der Waals surface area contributed by atoms with Crippen molar-refractivity contribution in [3.05, 3.63) is 51.6 Å². The maximum atomic E-state index is 13.3. The molecule has 3 aliphatic rings. The van der Waals surface area contributed by atoms with Crippen LogP contribution in [0.15, 0.2) is 40.4 Å². The Morgan fingerprint density at radius 2 is 1.53 bits per heavy atom. The number of nitrogens with zero attached hydrogens (tertiary/aromatic N) is 5. The SMILES string of the molecule is Nc1ccc2c(=O)n([C@@H]3O[C@@H]4COP(=O)(O)O[C@@H]5[C@H](O)[C@@H](COP(=O)(O)O[C@H]4[C@H]3O)O[C@H]5n3cnc4c(=O)[nH]c(N)nc43)cnc2c1. The molecule has 2 bridgehead atoms. The summed E-state index contributed by atoms with van der Waals surface area (Å²) in [6.45, 7) is -1.75. The molecule has 3 saturated heterocycles. The summed E-state index contributed by atoms with van der Waals surface area (Å²) >= 11 is 0. The number of phosphoric ester groups is 2. The topological polar surface area (TPSA) is 321 Å². The first kappa shape index (κ1) is 31.9. The number of imidazole rings is 1. The number of fused-ring (bicyclic) bond motifs is 5. The van der Waals surface area contributed by atoms with Gasteiger partial charge in [0.1, 0.15) is 43.0 Å². The molecule has 1 aromatic carbocycles. The quantitative estimate of drug-likeness (QED) is 0.0898. The highest BCUT2D eigenvalue weighted by Gasteiger charge is 2.54. The summed E-state index contributed by atoms with van der Waals surface area (Å²) in [5, 5.41) is 22.3. The van der Waals surface area contributed by atoms with E-state index in [1.807, 2.05) is 0 Å². The number of hydrogen-bond donors (Lipinski definition) is 7. The van der Waals surface area contributed by atoms with E-state index in [1.165, 1.54) is 18.2 Å². The molecule has 3 fully saturated rings. The van der Waals surface area contributed by atoms with Gasteiger partial charge in [-0.05, 0) is 18.2 Å². The second-order valence-electron chi connectivity index (χ2n) is 10.8. The predicted molar refractivity (Wildman–Crippen MR) is 154 cm³/mol. The predicted octanol–water partition coefficient (Wildman–Crippen LogP) is -1.77. The standard InChI is InChI=1S/C23H26N8O14P2/c24-8-1-2-9-10(3-8)26-6-31(20(9)35)21-15(33)16-12(43-21)5-41-47(38,39)45-17-14(32)11(4-40-46(36,37)44-16)42-22(17)30-7-27-13-18(30)28-23(25)29-19(13)34/h1-3,6-7,11-12,14-17,21-22,32-33H,4-5,24H2,(H,36,37)(H,38,39)(H3,25,28,29,34)/t11-,12-,14-,15-,16-,17-,21-,22-/m1/s1. The van der Waals surface area contributed by atoms with E-state index in [2.05, 4.69) is 19.9 Å². The number of rotatable bonds is 2. The molecule has 47 heavy (non-hydrogen) atoms. The molecular formula is C23H26N8O14P2. The van der Waals surface area contributed by atoms with Crippen molar-refractivity contribution < 1.29 is 56.7 Å². The number of nitrogens with one attached hydrogen (secondary N) is 1. The summed E-state index contributed by atoms with van der Waals surface area (Å²) < 4.78 is 60.6. The molecule has 7 rings (SSSR count). The third-order valence-electron chi connectivity index (χ3n) is 7.74. The Labute approximate surface area is 260 Å². The molecule has 22 nitrogen and oxygen atoms in total. The van der Waals surface area contributed by atoms with E-state index in [0.29, 0.717) is 5.69 Å². The van der Waals surface area contributed by atoms with Crippen LogP contribution in [-0.2, 0) is 36.7 Å². The van der Waals surface area contributed by atoms with Crippen molar-refractivity contribution in [3.8, 4) is 0 Å².